The fourth-order valence-electron chi connectivity index (χ4n) is 1.53. The summed E-state index contributed by atoms with van der Waals surface area (Å²) in [5, 5.41) is 18.3. The molecule has 0 aromatic carbocycles. The quantitative estimate of drug-likeness (QED) is 0.684. The van der Waals surface area contributed by atoms with Gasteiger partial charge in [-0.15, -0.1) is 0 Å². The Hall–Kier alpha value is -0.610. The minimum atomic E-state index is -0.985. The first kappa shape index (κ1) is 10.5. The molecule has 76 valence electrons. The van der Waals surface area contributed by atoms with Crippen LogP contribution in [0.4, 0.5) is 0 Å². The third kappa shape index (κ3) is 2.97. The maximum Gasteiger partial charge on any atom is 0.332 e. The zero-order chi connectivity index (χ0) is 9.90. The summed E-state index contributed by atoms with van der Waals surface area (Å²) in [6.45, 7) is 1.61. The fourth-order valence-corrected chi connectivity index (χ4v) is 1.53. The Bertz CT molecular complexity index is 184. The number of carboxylic acids is 1. The van der Waals surface area contributed by atoms with E-state index in [1.165, 1.54) is 6.92 Å². The van der Waals surface area contributed by atoms with Crippen LogP contribution in [-0.4, -0.2) is 34.5 Å². The van der Waals surface area contributed by atoms with Crippen molar-refractivity contribution in [2.24, 2.45) is 0 Å². The summed E-state index contributed by atoms with van der Waals surface area (Å²) in [6.07, 6.45) is 2.62. The van der Waals surface area contributed by atoms with Crippen LogP contribution in [0, 0.1) is 0 Å². The summed E-state index contributed by atoms with van der Waals surface area (Å²) in [5.74, 6) is -0.985. The summed E-state index contributed by atoms with van der Waals surface area (Å²) in [6, 6.07) is 0. The first-order valence-corrected chi connectivity index (χ1v) is 4.60. The molecule has 1 aliphatic carbocycles. The van der Waals surface area contributed by atoms with Crippen molar-refractivity contribution in [3.05, 3.63) is 0 Å². The van der Waals surface area contributed by atoms with Crippen molar-refractivity contribution >= 4 is 5.97 Å². The molecule has 13 heavy (non-hydrogen) atoms. The van der Waals surface area contributed by atoms with Gasteiger partial charge in [0.1, 0.15) is 0 Å². The molecule has 0 radical (unpaired) electrons. The molecule has 4 nitrogen and oxygen atoms in total. The van der Waals surface area contributed by atoms with Gasteiger partial charge >= 0.3 is 5.97 Å². The molecule has 1 atom stereocenters. The minimum absolute atomic E-state index is 0.139. The Morgan fingerprint density at radius 1 is 1.54 bits per heavy atom. The van der Waals surface area contributed by atoms with Crippen LogP contribution in [0.3, 0.4) is 0 Å². The monoisotopic (exact) mass is 188 g/mol. The molecular formula is C9H16O4. The van der Waals surface area contributed by atoms with Crippen LogP contribution in [0.5, 0.6) is 0 Å². The van der Waals surface area contributed by atoms with Gasteiger partial charge in [0, 0.05) is 0 Å². The molecule has 1 saturated carbocycles. The van der Waals surface area contributed by atoms with Crippen LogP contribution in [0.25, 0.3) is 0 Å². The molecule has 0 aromatic rings. The normalized spacial score (nSPS) is 22.9. The van der Waals surface area contributed by atoms with Gasteiger partial charge < -0.3 is 14.9 Å². The largest absolute Gasteiger partial charge is 0.479 e. The van der Waals surface area contributed by atoms with Gasteiger partial charge in [-0.3, -0.25) is 0 Å². The van der Waals surface area contributed by atoms with E-state index in [1.807, 2.05) is 0 Å². The van der Waals surface area contributed by atoms with E-state index in [2.05, 4.69) is 0 Å². The Balaban J connectivity index is 2.28. The zero-order valence-electron chi connectivity index (χ0n) is 7.82. The van der Waals surface area contributed by atoms with Crippen molar-refractivity contribution in [1.29, 1.82) is 0 Å². The molecule has 0 saturated heterocycles. The lowest BCUT2D eigenvalue weighted by Gasteiger charge is -2.22. The van der Waals surface area contributed by atoms with E-state index in [9.17, 15) is 9.90 Å². The summed E-state index contributed by atoms with van der Waals surface area (Å²) in [5.41, 5.74) is -0.774. The van der Waals surface area contributed by atoms with Crippen molar-refractivity contribution in [1.82, 2.24) is 0 Å². The number of aliphatic hydroxyl groups is 1. The zero-order valence-corrected chi connectivity index (χ0v) is 7.82. The van der Waals surface area contributed by atoms with Gasteiger partial charge in [-0.05, 0) is 19.8 Å². The molecule has 0 heterocycles. The molecule has 0 amide bonds. The van der Waals surface area contributed by atoms with E-state index >= 15 is 0 Å². The maximum absolute atomic E-state index is 10.4. The highest BCUT2D eigenvalue weighted by molar-refractivity contribution is 5.71. The highest BCUT2D eigenvalue weighted by Crippen LogP contribution is 2.29. The van der Waals surface area contributed by atoms with E-state index in [0.717, 1.165) is 25.7 Å². The highest BCUT2D eigenvalue weighted by atomic mass is 16.5. The maximum atomic E-state index is 10.4. The van der Waals surface area contributed by atoms with Gasteiger partial charge in [-0.2, -0.15) is 0 Å². The second kappa shape index (κ2) is 4.07. The average molecular weight is 188 g/mol. The first-order valence-electron chi connectivity index (χ1n) is 4.60. The van der Waals surface area contributed by atoms with Crippen molar-refractivity contribution in [2.75, 3.05) is 6.61 Å². The van der Waals surface area contributed by atoms with Crippen LogP contribution in [0.2, 0.25) is 0 Å². The fraction of sp³-hybridized carbons (Fsp3) is 0.889. The van der Waals surface area contributed by atoms with Crippen LogP contribution < -0.4 is 0 Å². The summed E-state index contributed by atoms with van der Waals surface area (Å²) in [7, 11) is 0. The smallest absolute Gasteiger partial charge is 0.332 e. The molecule has 0 unspecified atom stereocenters. The first-order chi connectivity index (χ1) is 6.03. The van der Waals surface area contributed by atoms with Gasteiger partial charge in [0.05, 0.1) is 12.2 Å². The minimum Gasteiger partial charge on any atom is -0.479 e. The predicted octanol–water partition coefficient (Wildman–Crippen LogP) is 0.781. The standard InChI is InChI=1S/C9H16O4/c1-7(8(10)11)13-6-9(12)4-2-3-5-9/h7,12H,2-6H2,1H3,(H,10,11)/t7-/m0/s1. The molecular weight excluding hydrogens is 172 g/mol. The lowest BCUT2D eigenvalue weighted by molar-refractivity contribution is -0.153. The Morgan fingerprint density at radius 3 is 2.54 bits per heavy atom. The van der Waals surface area contributed by atoms with E-state index in [0.29, 0.717) is 0 Å². The number of aliphatic carboxylic acids is 1. The van der Waals surface area contributed by atoms with Gasteiger partial charge in [-0.1, -0.05) is 12.8 Å². The van der Waals surface area contributed by atoms with Gasteiger partial charge in [0.15, 0.2) is 6.10 Å². The molecule has 1 fully saturated rings. The lowest BCUT2D eigenvalue weighted by atomic mass is 10.0. The van der Waals surface area contributed by atoms with Crippen molar-refractivity contribution in [3.63, 3.8) is 0 Å². The van der Waals surface area contributed by atoms with Crippen molar-refractivity contribution in [2.45, 2.75) is 44.3 Å². The second-order valence-corrected chi connectivity index (χ2v) is 3.72. The SMILES string of the molecule is C[C@H](OCC1(O)CCCC1)C(=O)O. The van der Waals surface area contributed by atoms with E-state index in [-0.39, 0.29) is 6.61 Å². The Morgan fingerprint density at radius 2 is 2.08 bits per heavy atom. The summed E-state index contributed by atoms with van der Waals surface area (Å²) < 4.78 is 5.04. The van der Waals surface area contributed by atoms with E-state index in [4.69, 9.17) is 9.84 Å². The molecule has 1 aliphatic rings. The van der Waals surface area contributed by atoms with Crippen LogP contribution in [0.1, 0.15) is 32.6 Å². The Kier molecular flexibility index (Phi) is 3.27. The molecule has 0 spiro atoms. The summed E-state index contributed by atoms with van der Waals surface area (Å²) in [4.78, 5) is 10.4. The number of hydrogen-bond donors (Lipinski definition) is 2. The average Bonchev–Trinajstić information content (AvgIpc) is 2.48. The van der Waals surface area contributed by atoms with E-state index < -0.39 is 17.7 Å². The molecule has 0 aliphatic heterocycles. The van der Waals surface area contributed by atoms with Crippen molar-refractivity contribution in [3.8, 4) is 0 Å². The number of carbonyl (C=O) groups is 1. The topological polar surface area (TPSA) is 66.8 Å². The number of carboxylic acid groups (broad SMARTS) is 1. The molecule has 4 heteroatoms. The van der Waals surface area contributed by atoms with Crippen LogP contribution >= 0.6 is 0 Å². The van der Waals surface area contributed by atoms with Gasteiger partial charge in [-0.25, -0.2) is 4.79 Å². The van der Waals surface area contributed by atoms with Crippen LogP contribution in [0.15, 0.2) is 0 Å². The lowest BCUT2D eigenvalue weighted by Crippen LogP contribution is -2.34. The number of hydrogen-bond acceptors (Lipinski definition) is 3. The third-order valence-corrected chi connectivity index (χ3v) is 2.48. The molecule has 0 aromatic heterocycles. The van der Waals surface area contributed by atoms with E-state index in [1.54, 1.807) is 0 Å². The molecule has 0 bridgehead atoms. The van der Waals surface area contributed by atoms with Crippen LogP contribution in [-0.2, 0) is 9.53 Å². The van der Waals surface area contributed by atoms with Crippen molar-refractivity contribution < 1.29 is 19.7 Å². The molecule has 1 rings (SSSR count). The predicted molar refractivity (Wildman–Crippen MR) is 46.5 cm³/mol. The number of ether oxygens (including phenoxy) is 1. The Labute approximate surface area is 77.5 Å². The van der Waals surface area contributed by atoms with Gasteiger partial charge in [0.25, 0.3) is 0 Å². The number of rotatable bonds is 4. The second-order valence-electron chi connectivity index (χ2n) is 3.72. The van der Waals surface area contributed by atoms with Gasteiger partial charge in [0.2, 0.25) is 0 Å². The summed E-state index contributed by atoms with van der Waals surface area (Å²) >= 11 is 0. The molecule has 2 N–H and O–H groups in total. The third-order valence-electron chi connectivity index (χ3n) is 2.48. The highest BCUT2D eigenvalue weighted by Gasteiger charge is 2.32.